The first-order chi connectivity index (χ1) is 11.4. The molecule has 1 aromatic heterocycles. The molecule has 0 saturated carbocycles. The molecule has 2 aromatic rings. The van der Waals surface area contributed by atoms with E-state index in [0.29, 0.717) is 42.5 Å². The fourth-order valence-corrected chi connectivity index (χ4v) is 3.42. The Kier molecular flexibility index (Phi) is 4.45. The number of hydrogen-bond donors (Lipinski definition) is 1. The minimum absolute atomic E-state index is 0.0226. The summed E-state index contributed by atoms with van der Waals surface area (Å²) in [4.78, 5) is 37.6. The molecule has 0 radical (unpaired) electrons. The van der Waals surface area contributed by atoms with E-state index in [4.69, 9.17) is 9.52 Å². The number of piperidine rings is 1. The van der Waals surface area contributed by atoms with Crippen molar-refractivity contribution in [1.29, 1.82) is 0 Å². The fraction of sp³-hybridized carbons (Fsp3) is 0.353. The van der Waals surface area contributed by atoms with Gasteiger partial charge in [-0.1, -0.05) is 15.9 Å². The SMILES string of the molecule is Cc1c(C(=O)N2CCC(C(=O)O)CC2)c(=O)oc2ccc(Br)cc12. The number of fused-ring (bicyclic) bond motifs is 1. The topological polar surface area (TPSA) is 87.8 Å². The summed E-state index contributed by atoms with van der Waals surface area (Å²) in [5.74, 6) is -1.67. The van der Waals surface area contributed by atoms with E-state index >= 15 is 0 Å². The molecular weight excluding hydrogens is 378 g/mol. The van der Waals surface area contributed by atoms with Crippen molar-refractivity contribution >= 4 is 38.8 Å². The van der Waals surface area contributed by atoms with Gasteiger partial charge >= 0.3 is 11.6 Å². The van der Waals surface area contributed by atoms with Crippen LogP contribution in [0.4, 0.5) is 0 Å². The van der Waals surface area contributed by atoms with E-state index in [1.807, 2.05) is 0 Å². The summed E-state index contributed by atoms with van der Waals surface area (Å²) in [7, 11) is 0. The second-order valence-electron chi connectivity index (χ2n) is 5.93. The third-order valence-electron chi connectivity index (χ3n) is 4.47. The van der Waals surface area contributed by atoms with Gasteiger partial charge < -0.3 is 14.4 Å². The Morgan fingerprint density at radius 3 is 2.58 bits per heavy atom. The minimum atomic E-state index is -0.839. The highest BCUT2D eigenvalue weighted by Crippen LogP contribution is 2.25. The largest absolute Gasteiger partial charge is 0.481 e. The van der Waals surface area contributed by atoms with Crippen molar-refractivity contribution in [3.05, 3.63) is 44.2 Å². The van der Waals surface area contributed by atoms with E-state index in [2.05, 4.69) is 15.9 Å². The lowest BCUT2D eigenvalue weighted by molar-refractivity contribution is -0.143. The van der Waals surface area contributed by atoms with Gasteiger partial charge in [-0.05, 0) is 43.5 Å². The van der Waals surface area contributed by atoms with E-state index in [1.165, 1.54) is 4.90 Å². The molecule has 1 fully saturated rings. The molecule has 1 aliphatic heterocycles. The van der Waals surface area contributed by atoms with Crippen molar-refractivity contribution in [3.63, 3.8) is 0 Å². The van der Waals surface area contributed by atoms with Gasteiger partial charge in [-0.25, -0.2) is 4.79 Å². The van der Waals surface area contributed by atoms with Crippen LogP contribution in [0.2, 0.25) is 0 Å². The molecule has 6 nitrogen and oxygen atoms in total. The number of aryl methyl sites for hydroxylation is 1. The molecule has 1 saturated heterocycles. The molecule has 1 amide bonds. The average molecular weight is 394 g/mol. The highest BCUT2D eigenvalue weighted by Gasteiger charge is 2.30. The molecule has 7 heteroatoms. The zero-order chi connectivity index (χ0) is 17.4. The molecule has 1 aliphatic rings. The van der Waals surface area contributed by atoms with Gasteiger partial charge in [-0.3, -0.25) is 9.59 Å². The van der Waals surface area contributed by atoms with Crippen molar-refractivity contribution in [2.24, 2.45) is 5.92 Å². The minimum Gasteiger partial charge on any atom is -0.481 e. The lowest BCUT2D eigenvalue weighted by Gasteiger charge is -2.30. The number of carbonyl (C=O) groups excluding carboxylic acids is 1. The highest BCUT2D eigenvalue weighted by molar-refractivity contribution is 9.10. The summed E-state index contributed by atoms with van der Waals surface area (Å²) < 4.78 is 6.11. The standard InChI is InChI=1S/C17H16BrNO5/c1-9-12-8-11(18)2-3-13(12)24-17(23)14(9)15(20)19-6-4-10(5-7-19)16(21)22/h2-3,8,10H,4-7H2,1H3,(H,21,22). The molecule has 24 heavy (non-hydrogen) atoms. The molecular formula is C17H16BrNO5. The molecule has 126 valence electrons. The zero-order valence-electron chi connectivity index (χ0n) is 13.0. The van der Waals surface area contributed by atoms with Gasteiger partial charge in [0.05, 0.1) is 5.92 Å². The molecule has 0 spiro atoms. The number of carboxylic acid groups (broad SMARTS) is 1. The Hall–Kier alpha value is -2.15. The monoisotopic (exact) mass is 393 g/mol. The summed E-state index contributed by atoms with van der Waals surface area (Å²) in [5.41, 5.74) is 0.372. The van der Waals surface area contributed by atoms with Crippen LogP contribution in [0.25, 0.3) is 11.0 Å². The Morgan fingerprint density at radius 2 is 1.96 bits per heavy atom. The Labute approximate surface area is 146 Å². The molecule has 0 bridgehead atoms. The maximum Gasteiger partial charge on any atom is 0.349 e. The number of amides is 1. The smallest absolute Gasteiger partial charge is 0.349 e. The second-order valence-corrected chi connectivity index (χ2v) is 6.85. The maximum atomic E-state index is 12.8. The van der Waals surface area contributed by atoms with Crippen molar-refractivity contribution in [3.8, 4) is 0 Å². The van der Waals surface area contributed by atoms with Gasteiger partial charge in [-0.2, -0.15) is 0 Å². The zero-order valence-corrected chi connectivity index (χ0v) is 14.6. The van der Waals surface area contributed by atoms with E-state index in [9.17, 15) is 14.4 Å². The van der Waals surface area contributed by atoms with Crippen molar-refractivity contribution in [2.75, 3.05) is 13.1 Å². The number of halogens is 1. The van der Waals surface area contributed by atoms with Crippen LogP contribution in [0.1, 0.15) is 28.8 Å². The van der Waals surface area contributed by atoms with E-state index in [1.54, 1.807) is 25.1 Å². The summed E-state index contributed by atoms with van der Waals surface area (Å²) in [6, 6.07) is 5.25. The van der Waals surface area contributed by atoms with Crippen molar-refractivity contribution in [1.82, 2.24) is 4.90 Å². The predicted molar refractivity (Wildman–Crippen MR) is 91.2 cm³/mol. The molecule has 1 N–H and O–H groups in total. The van der Waals surface area contributed by atoms with Crippen LogP contribution in [0, 0.1) is 12.8 Å². The fourth-order valence-electron chi connectivity index (χ4n) is 3.06. The summed E-state index contributed by atoms with van der Waals surface area (Å²) in [6.07, 6.45) is 0.787. The van der Waals surface area contributed by atoms with E-state index < -0.39 is 23.4 Å². The van der Waals surface area contributed by atoms with Crippen LogP contribution in [-0.4, -0.2) is 35.0 Å². The molecule has 1 aromatic carbocycles. The highest BCUT2D eigenvalue weighted by atomic mass is 79.9. The van der Waals surface area contributed by atoms with E-state index in [-0.39, 0.29) is 5.56 Å². The number of likely N-dealkylation sites (tertiary alicyclic amines) is 1. The number of carboxylic acids is 1. The maximum absolute atomic E-state index is 12.8. The molecule has 0 aliphatic carbocycles. The predicted octanol–water partition coefficient (Wildman–Crippen LogP) is 2.80. The summed E-state index contributed by atoms with van der Waals surface area (Å²) >= 11 is 3.37. The van der Waals surface area contributed by atoms with Gasteiger partial charge in [0.2, 0.25) is 0 Å². The number of aliphatic carboxylic acids is 1. The van der Waals surface area contributed by atoms with Gasteiger partial charge in [0.15, 0.2) is 0 Å². The number of carbonyl (C=O) groups is 2. The second kappa shape index (κ2) is 6.39. The Bertz CT molecular complexity index is 880. The third kappa shape index (κ3) is 2.96. The lowest BCUT2D eigenvalue weighted by atomic mass is 9.96. The third-order valence-corrected chi connectivity index (χ3v) is 4.97. The van der Waals surface area contributed by atoms with Crippen LogP contribution in [0.5, 0.6) is 0 Å². The van der Waals surface area contributed by atoms with Crippen molar-refractivity contribution < 1.29 is 19.1 Å². The van der Waals surface area contributed by atoms with Gasteiger partial charge in [0.1, 0.15) is 11.1 Å². The average Bonchev–Trinajstić information content (AvgIpc) is 2.55. The van der Waals surface area contributed by atoms with Gasteiger partial charge in [0.25, 0.3) is 5.91 Å². The van der Waals surface area contributed by atoms with Crippen LogP contribution in [0.3, 0.4) is 0 Å². The number of rotatable bonds is 2. The number of hydrogen-bond acceptors (Lipinski definition) is 4. The van der Waals surface area contributed by atoms with E-state index in [0.717, 1.165) is 4.47 Å². The molecule has 0 atom stereocenters. The van der Waals surface area contributed by atoms with Crippen LogP contribution >= 0.6 is 15.9 Å². The number of nitrogens with zero attached hydrogens (tertiary/aromatic N) is 1. The lowest BCUT2D eigenvalue weighted by Crippen LogP contribution is -2.42. The molecule has 2 heterocycles. The van der Waals surface area contributed by atoms with Crippen molar-refractivity contribution in [2.45, 2.75) is 19.8 Å². The Balaban J connectivity index is 1.96. The number of benzene rings is 1. The van der Waals surface area contributed by atoms with Crippen LogP contribution in [0.15, 0.2) is 31.9 Å². The molecule has 3 rings (SSSR count). The summed E-state index contributed by atoms with van der Waals surface area (Å²) in [6.45, 7) is 2.37. The van der Waals surface area contributed by atoms with Gasteiger partial charge in [-0.15, -0.1) is 0 Å². The van der Waals surface area contributed by atoms with Crippen LogP contribution < -0.4 is 5.63 Å². The first-order valence-corrected chi connectivity index (χ1v) is 8.43. The van der Waals surface area contributed by atoms with Crippen LogP contribution in [-0.2, 0) is 4.79 Å². The first-order valence-electron chi connectivity index (χ1n) is 7.63. The van der Waals surface area contributed by atoms with Gasteiger partial charge in [0, 0.05) is 22.9 Å². The summed E-state index contributed by atoms with van der Waals surface area (Å²) in [5, 5.41) is 9.74. The normalized spacial score (nSPS) is 15.7. The Morgan fingerprint density at radius 1 is 1.29 bits per heavy atom. The quantitative estimate of drug-likeness (QED) is 0.792. The molecule has 0 unspecified atom stereocenters. The first kappa shape index (κ1) is 16.7.